The zero-order valence-corrected chi connectivity index (χ0v) is 13.7. The molecule has 1 aliphatic rings. The van der Waals surface area contributed by atoms with Gasteiger partial charge in [-0.1, -0.05) is 41.5 Å². The van der Waals surface area contributed by atoms with E-state index >= 15 is 0 Å². The van der Waals surface area contributed by atoms with Gasteiger partial charge in [-0.2, -0.15) is 0 Å². The number of hydrogen-bond donors (Lipinski definition) is 0. The van der Waals surface area contributed by atoms with E-state index < -0.39 is 23.2 Å². The van der Waals surface area contributed by atoms with E-state index in [0.29, 0.717) is 5.06 Å². The van der Waals surface area contributed by atoms with Gasteiger partial charge in [0, 0.05) is 0 Å². The van der Waals surface area contributed by atoms with Crippen molar-refractivity contribution in [1.82, 2.24) is 5.06 Å². The molecule has 0 aliphatic carbocycles. The smallest absolute Gasteiger partial charge is 0.329 e. The summed E-state index contributed by atoms with van der Waals surface area (Å²) in [5.74, 6) is -1.90. The van der Waals surface area contributed by atoms with Crippen molar-refractivity contribution in [2.24, 2.45) is 0 Å². The molecule has 0 saturated heterocycles. The summed E-state index contributed by atoms with van der Waals surface area (Å²) in [6, 6.07) is 13.8. The van der Waals surface area contributed by atoms with Gasteiger partial charge in [0.1, 0.15) is 0 Å². The van der Waals surface area contributed by atoms with Gasteiger partial charge in [-0.15, -0.1) is 0 Å². The average molecular weight is 323 g/mol. The van der Waals surface area contributed by atoms with Gasteiger partial charge in [-0.05, 0) is 44.0 Å². The summed E-state index contributed by atoms with van der Waals surface area (Å²) in [6.45, 7) is 5.30. The molecule has 0 unspecified atom stereocenters. The Hall–Kier alpha value is -2.95. The minimum absolute atomic E-state index is 0.240. The molecule has 1 heterocycles. The topological polar surface area (TPSA) is 63.7 Å². The molecular formula is C19H17NO4. The average Bonchev–Trinajstić information content (AvgIpc) is 2.80. The first-order valence-electron chi connectivity index (χ1n) is 7.60. The first-order chi connectivity index (χ1) is 11.3. The second-order valence-corrected chi connectivity index (χ2v) is 6.27. The highest BCUT2D eigenvalue weighted by Crippen LogP contribution is 2.30. The van der Waals surface area contributed by atoms with Crippen molar-refractivity contribution in [2.45, 2.75) is 26.2 Å². The van der Waals surface area contributed by atoms with Gasteiger partial charge in [0.05, 0.1) is 16.5 Å². The summed E-state index contributed by atoms with van der Waals surface area (Å²) in [4.78, 5) is 42.4. The van der Waals surface area contributed by atoms with Crippen molar-refractivity contribution in [3.63, 3.8) is 0 Å². The minimum Gasteiger partial charge on any atom is -0.329 e. The van der Waals surface area contributed by atoms with Crippen LogP contribution >= 0.6 is 0 Å². The van der Waals surface area contributed by atoms with Crippen molar-refractivity contribution in [1.29, 1.82) is 0 Å². The lowest BCUT2D eigenvalue weighted by Crippen LogP contribution is -2.40. The summed E-state index contributed by atoms with van der Waals surface area (Å²) < 4.78 is 0. The molecule has 0 N–H and O–H groups in total. The fourth-order valence-electron chi connectivity index (χ4n) is 2.83. The third-order valence-corrected chi connectivity index (χ3v) is 4.26. The first-order valence-corrected chi connectivity index (χ1v) is 7.60. The van der Waals surface area contributed by atoms with Gasteiger partial charge >= 0.3 is 5.97 Å². The second kappa shape index (κ2) is 5.60. The highest BCUT2D eigenvalue weighted by molar-refractivity contribution is 6.21. The molecule has 24 heavy (non-hydrogen) atoms. The van der Waals surface area contributed by atoms with Gasteiger partial charge in [0.15, 0.2) is 0 Å². The van der Waals surface area contributed by atoms with Gasteiger partial charge in [-0.3, -0.25) is 9.59 Å². The van der Waals surface area contributed by atoms with E-state index in [1.54, 1.807) is 26.0 Å². The third-order valence-electron chi connectivity index (χ3n) is 4.26. The number of carbonyl (C=O) groups is 3. The number of benzene rings is 2. The monoisotopic (exact) mass is 323 g/mol. The van der Waals surface area contributed by atoms with E-state index in [-0.39, 0.29) is 11.1 Å². The number of hydrogen-bond acceptors (Lipinski definition) is 4. The van der Waals surface area contributed by atoms with E-state index in [1.165, 1.54) is 12.1 Å². The van der Waals surface area contributed by atoms with E-state index in [4.69, 9.17) is 4.84 Å². The summed E-state index contributed by atoms with van der Waals surface area (Å²) in [5.41, 5.74) is 1.20. The van der Waals surface area contributed by atoms with Crippen molar-refractivity contribution in [3.8, 4) is 0 Å². The molecule has 122 valence electrons. The molecule has 1 aliphatic heterocycles. The second-order valence-electron chi connectivity index (χ2n) is 6.27. The molecule has 0 saturated carbocycles. The fraction of sp³-hybridized carbons (Fsp3) is 0.211. The van der Waals surface area contributed by atoms with Crippen LogP contribution in [0.15, 0.2) is 48.5 Å². The quantitative estimate of drug-likeness (QED) is 0.815. The van der Waals surface area contributed by atoms with Crippen molar-refractivity contribution < 1.29 is 19.2 Å². The molecule has 0 spiro atoms. The standard InChI is InChI=1S/C19H17NO4/c1-12-8-4-7-11-15(12)19(2,3)18(23)24-20-16(21)13-9-5-6-10-14(13)17(20)22/h4-11H,1-3H3. The molecule has 0 aromatic heterocycles. The van der Waals surface area contributed by atoms with Crippen molar-refractivity contribution in [2.75, 3.05) is 0 Å². The van der Waals surface area contributed by atoms with Crippen LogP contribution in [0.5, 0.6) is 0 Å². The largest absolute Gasteiger partial charge is 0.343 e. The van der Waals surface area contributed by atoms with E-state index in [9.17, 15) is 14.4 Å². The van der Waals surface area contributed by atoms with Crippen molar-refractivity contribution in [3.05, 3.63) is 70.8 Å². The summed E-state index contributed by atoms with van der Waals surface area (Å²) >= 11 is 0. The number of rotatable bonds is 3. The van der Waals surface area contributed by atoms with Crippen LogP contribution in [0.25, 0.3) is 0 Å². The van der Waals surface area contributed by atoms with Crippen LogP contribution in [0, 0.1) is 6.92 Å². The molecule has 2 amide bonds. The Morgan fingerprint density at radius 3 is 1.96 bits per heavy atom. The Morgan fingerprint density at radius 2 is 1.42 bits per heavy atom. The van der Waals surface area contributed by atoms with Gasteiger partial charge in [0.25, 0.3) is 11.8 Å². The van der Waals surface area contributed by atoms with Crippen LogP contribution in [0.1, 0.15) is 45.7 Å². The number of aryl methyl sites for hydroxylation is 1. The zero-order chi connectivity index (χ0) is 17.5. The lowest BCUT2D eigenvalue weighted by molar-refractivity contribution is -0.174. The molecule has 5 heteroatoms. The maximum Gasteiger partial charge on any atom is 0.343 e. The molecule has 2 aromatic carbocycles. The number of fused-ring (bicyclic) bond motifs is 1. The number of amides is 2. The predicted molar refractivity (Wildman–Crippen MR) is 87.2 cm³/mol. The molecule has 0 atom stereocenters. The Bertz CT molecular complexity index is 819. The van der Waals surface area contributed by atoms with E-state index in [0.717, 1.165) is 11.1 Å². The van der Waals surface area contributed by atoms with Crippen LogP contribution in [0.4, 0.5) is 0 Å². The molecule has 0 bridgehead atoms. The molecule has 2 aromatic rings. The van der Waals surface area contributed by atoms with Gasteiger partial charge in [-0.25, -0.2) is 4.79 Å². The third kappa shape index (κ3) is 2.38. The normalized spacial score (nSPS) is 13.9. The Kier molecular flexibility index (Phi) is 3.72. The number of imide groups is 1. The molecule has 0 radical (unpaired) electrons. The van der Waals surface area contributed by atoms with Crippen LogP contribution < -0.4 is 0 Å². The van der Waals surface area contributed by atoms with Crippen LogP contribution in [0.2, 0.25) is 0 Å². The van der Waals surface area contributed by atoms with Crippen LogP contribution in [-0.4, -0.2) is 22.8 Å². The minimum atomic E-state index is -0.999. The maximum atomic E-state index is 12.6. The maximum absolute atomic E-state index is 12.6. The molecule has 5 nitrogen and oxygen atoms in total. The summed E-state index contributed by atoms with van der Waals surface area (Å²) in [5, 5.41) is 0.549. The summed E-state index contributed by atoms with van der Waals surface area (Å²) in [7, 11) is 0. The van der Waals surface area contributed by atoms with Crippen molar-refractivity contribution >= 4 is 17.8 Å². The lowest BCUT2D eigenvalue weighted by atomic mass is 9.82. The summed E-state index contributed by atoms with van der Waals surface area (Å²) in [6.07, 6.45) is 0. The zero-order valence-electron chi connectivity index (χ0n) is 13.7. The number of carbonyl (C=O) groups excluding carboxylic acids is 3. The van der Waals surface area contributed by atoms with E-state index in [1.807, 2.05) is 31.2 Å². The Morgan fingerprint density at radius 1 is 0.917 bits per heavy atom. The highest BCUT2D eigenvalue weighted by Gasteiger charge is 2.42. The lowest BCUT2D eigenvalue weighted by Gasteiger charge is -2.26. The Labute approximate surface area is 139 Å². The van der Waals surface area contributed by atoms with Crippen LogP contribution in [0.3, 0.4) is 0 Å². The number of nitrogens with zero attached hydrogens (tertiary/aromatic N) is 1. The van der Waals surface area contributed by atoms with E-state index in [2.05, 4.69) is 0 Å². The highest BCUT2D eigenvalue weighted by atomic mass is 16.7. The number of hydroxylamine groups is 2. The Balaban J connectivity index is 1.87. The van der Waals surface area contributed by atoms with Gasteiger partial charge < -0.3 is 4.84 Å². The SMILES string of the molecule is Cc1ccccc1C(C)(C)C(=O)ON1C(=O)c2ccccc2C1=O. The van der Waals surface area contributed by atoms with Gasteiger partial charge in [0.2, 0.25) is 0 Å². The van der Waals surface area contributed by atoms with Crippen LogP contribution in [-0.2, 0) is 15.0 Å². The predicted octanol–water partition coefficient (Wildman–Crippen LogP) is 3.03. The first kappa shape index (κ1) is 15.9. The molecule has 3 rings (SSSR count). The molecular weight excluding hydrogens is 306 g/mol. The fourth-order valence-corrected chi connectivity index (χ4v) is 2.83. The molecule has 0 fully saturated rings.